The molecule has 0 fully saturated rings. The normalized spacial score (nSPS) is 10.1. The number of aromatic nitrogens is 1. The number of hydrogen-bond donors (Lipinski definition) is 0. The smallest absolute Gasteiger partial charge is 0.149 e. The number of hydrogen-bond acceptors (Lipinski definition) is 1. The Balaban J connectivity index is 2.83. The van der Waals surface area contributed by atoms with Crippen LogP contribution in [0.2, 0.25) is 0 Å². The van der Waals surface area contributed by atoms with Gasteiger partial charge in [-0.3, -0.25) is 4.98 Å². The zero-order chi connectivity index (χ0) is 10.1. The molecular formula is C12H8FN. The molecule has 2 aromatic rings. The van der Waals surface area contributed by atoms with Crippen LogP contribution in [0.4, 0.5) is 4.39 Å². The molecule has 0 amide bonds. The van der Waals surface area contributed by atoms with Crippen LogP contribution in [-0.2, 0) is 0 Å². The van der Waals surface area contributed by atoms with Gasteiger partial charge in [-0.15, -0.1) is 6.42 Å². The summed E-state index contributed by atoms with van der Waals surface area (Å²) in [7, 11) is 0. The molecule has 0 bridgehead atoms. The molecule has 0 atom stereocenters. The maximum absolute atomic E-state index is 13.4. The summed E-state index contributed by atoms with van der Waals surface area (Å²) < 4.78 is 13.4. The Labute approximate surface area is 81.6 Å². The molecule has 0 aliphatic rings. The quantitative estimate of drug-likeness (QED) is 0.575. The SMILES string of the molecule is C#Cc1cnc2c(F)cc(C)cc2c1. The average molecular weight is 185 g/mol. The molecule has 0 saturated heterocycles. The van der Waals surface area contributed by atoms with Gasteiger partial charge in [0.1, 0.15) is 11.3 Å². The number of benzene rings is 1. The Morgan fingerprint density at radius 2 is 2.14 bits per heavy atom. The van der Waals surface area contributed by atoms with Gasteiger partial charge in [-0.25, -0.2) is 4.39 Å². The molecule has 68 valence electrons. The summed E-state index contributed by atoms with van der Waals surface area (Å²) in [5, 5.41) is 0.748. The fraction of sp³-hybridized carbons (Fsp3) is 0.0833. The number of pyridine rings is 1. The Hall–Kier alpha value is -1.88. The van der Waals surface area contributed by atoms with Crippen LogP contribution in [0.5, 0.6) is 0 Å². The highest BCUT2D eigenvalue weighted by Crippen LogP contribution is 2.18. The lowest BCUT2D eigenvalue weighted by molar-refractivity contribution is 0.635. The maximum atomic E-state index is 13.4. The molecule has 0 saturated carbocycles. The monoisotopic (exact) mass is 185 g/mol. The van der Waals surface area contributed by atoms with Crippen LogP contribution in [0.1, 0.15) is 11.1 Å². The summed E-state index contributed by atoms with van der Waals surface area (Å²) in [6.07, 6.45) is 6.73. The van der Waals surface area contributed by atoms with E-state index in [1.807, 2.05) is 13.0 Å². The van der Waals surface area contributed by atoms with Gasteiger partial charge < -0.3 is 0 Å². The molecule has 0 aliphatic heterocycles. The Morgan fingerprint density at radius 3 is 2.86 bits per heavy atom. The van der Waals surface area contributed by atoms with Crippen molar-refractivity contribution >= 4 is 10.9 Å². The van der Waals surface area contributed by atoms with Crippen molar-refractivity contribution in [2.24, 2.45) is 0 Å². The average Bonchev–Trinajstić information content (AvgIpc) is 2.16. The largest absolute Gasteiger partial charge is 0.252 e. The minimum atomic E-state index is -0.302. The Kier molecular flexibility index (Phi) is 1.94. The van der Waals surface area contributed by atoms with E-state index in [-0.39, 0.29) is 5.82 Å². The highest BCUT2D eigenvalue weighted by Gasteiger charge is 2.03. The molecule has 2 rings (SSSR count). The third-order valence-electron chi connectivity index (χ3n) is 2.05. The fourth-order valence-corrected chi connectivity index (χ4v) is 1.43. The molecule has 0 aliphatic carbocycles. The van der Waals surface area contributed by atoms with Crippen molar-refractivity contribution in [2.75, 3.05) is 0 Å². The number of fused-ring (bicyclic) bond motifs is 1. The third kappa shape index (κ3) is 1.33. The van der Waals surface area contributed by atoms with Crippen LogP contribution in [0.15, 0.2) is 24.4 Å². The number of terminal acetylenes is 1. The van der Waals surface area contributed by atoms with Gasteiger partial charge in [0.15, 0.2) is 0 Å². The highest BCUT2D eigenvalue weighted by atomic mass is 19.1. The lowest BCUT2D eigenvalue weighted by atomic mass is 10.1. The molecule has 1 nitrogen and oxygen atoms in total. The first-order valence-electron chi connectivity index (χ1n) is 4.23. The highest BCUT2D eigenvalue weighted by molar-refractivity contribution is 5.81. The summed E-state index contributed by atoms with van der Waals surface area (Å²) >= 11 is 0. The van der Waals surface area contributed by atoms with E-state index in [4.69, 9.17) is 6.42 Å². The molecule has 14 heavy (non-hydrogen) atoms. The Morgan fingerprint density at radius 1 is 1.36 bits per heavy atom. The number of rotatable bonds is 0. The second kappa shape index (κ2) is 3.12. The first kappa shape index (κ1) is 8.71. The van der Waals surface area contributed by atoms with Crippen LogP contribution in [0, 0.1) is 25.1 Å². The van der Waals surface area contributed by atoms with Crippen LogP contribution in [-0.4, -0.2) is 4.98 Å². The number of halogens is 1. The summed E-state index contributed by atoms with van der Waals surface area (Å²) in [4.78, 5) is 3.98. The zero-order valence-electron chi connectivity index (χ0n) is 7.71. The van der Waals surface area contributed by atoms with Gasteiger partial charge in [-0.2, -0.15) is 0 Å². The van der Waals surface area contributed by atoms with E-state index in [0.29, 0.717) is 11.1 Å². The van der Waals surface area contributed by atoms with Gasteiger partial charge in [0.25, 0.3) is 0 Å². The predicted octanol–water partition coefficient (Wildman–Crippen LogP) is 2.66. The fourth-order valence-electron chi connectivity index (χ4n) is 1.43. The van der Waals surface area contributed by atoms with Gasteiger partial charge in [-0.1, -0.05) is 5.92 Å². The molecule has 0 radical (unpaired) electrons. The van der Waals surface area contributed by atoms with E-state index >= 15 is 0 Å². The molecule has 1 aromatic heterocycles. The van der Waals surface area contributed by atoms with Gasteiger partial charge in [-0.05, 0) is 30.7 Å². The second-order valence-corrected chi connectivity index (χ2v) is 3.19. The van der Waals surface area contributed by atoms with Gasteiger partial charge in [0.05, 0.1) is 0 Å². The van der Waals surface area contributed by atoms with E-state index in [2.05, 4.69) is 10.9 Å². The minimum absolute atomic E-state index is 0.302. The lowest BCUT2D eigenvalue weighted by Crippen LogP contribution is -1.87. The summed E-state index contributed by atoms with van der Waals surface area (Å²) in [6.45, 7) is 1.84. The van der Waals surface area contributed by atoms with Crippen LogP contribution in [0.25, 0.3) is 10.9 Å². The molecule has 2 heteroatoms. The topological polar surface area (TPSA) is 12.9 Å². The van der Waals surface area contributed by atoms with Crippen molar-refractivity contribution in [3.63, 3.8) is 0 Å². The van der Waals surface area contributed by atoms with Crippen molar-refractivity contribution in [2.45, 2.75) is 6.92 Å². The number of aryl methyl sites for hydroxylation is 1. The van der Waals surface area contributed by atoms with Gasteiger partial charge in [0, 0.05) is 17.1 Å². The maximum Gasteiger partial charge on any atom is 0.149 e. The van der Waals surface area contributed by atoms with Crippen LogP contribution < -0.4 is 0 Å². The lowest BCUT2D eigenvalue weighted by Gasteiger charge is -2.01. The molecule has 0 unspecified atom stereocenters. The number of nitrogens with zero attached hydrogens (tertiary/aromatic N) is 1. The summed E-state index contributed by atoms with van der Waals surface area (Å²) in [5.74, 6) is 2.17. The van der Waals surface area contributed by atoms with Crippen molar-refractivity contribution in [3.05, 3.63) is 41.3 Å². The predicted molar refractivity (Wildman–Crippen MR) is 54.4 cm³/mol. The van der Waals surface area contributed by atoms with E-state index in [0.717, 1.165) is 10.9 Å². The van der Waals surface area contributed by atoms with Crippen molar-refractivity contribution in [3.8, 4) is 12.3 Å². The molecule has 0 spiro atoms. The molecular weight excluding hydrogens is 177 g/mol. The van der Waals surface area contributed by atoms with Gasteiger partial charge in [0.2, 0.25) is 0 Å². The molecule has 0 N–H and O–H groups in total. The minimum Gasteiger partial charge on any atom is -0.252 e. The van der Waals surface area contributed by atoms with E-state index < -0.39 is 0 Å². The first-order chi connectivity index (χ1) is 6.70. The standard InChI is InChI=1S/C12H8FN/c1-3-9-6-10-4-8(2)5-11(13)12(10)14-7-9/h1,4-7H,2H3. The summed E-state index contributed by atoms with van der Waals surface area (Å²) in [6, 6.07) is 5.09. The van der Waals surface area contributed by atoms with E-state index in [9.17, 15) is 4.39 Å². The summed E-state index contributed by atoms with van der Waals surface area (Å²) in [5.41, 5.74) is 1.91. The third-order valence-corrected chi connectivity index (χ3v) is 2.05. The van der Waals surface area contributed by atoms with Crippen molar-refractivity contribution in [1.29, 1.82) is 0 Å². The van der Waals surface area contributed by atoms with E-state index in [1.165, 1.54) is 12.3 Å². The van der Waals surface area contributed by atoms with Crippen molar-refractivity contribution < 1.29 is 4.39 Å². The zero-order valence-corrected chi connectivity index (χ0v) is 7.71. The second-order valence-electron chi connectivity index (χ2n) is 3.19. The first-order valence-corrected chi connectivity index (χ1v) is 4.23. The van der Waals surface area contributed by atoms with Crippen molar-refractivity contribution in [1.82, 2.24) is 4.98 Å². The Bertz CT molecular complexity index is 538. The van der Waals surface area contributed by atoms with Crippen LogP contribution in [0.3, 0.4) is 0 Å². The van der Waals surface area contributed by atoms with Crippen LogP contribution >= 0.6 is 0 Å². The molecule has 1 aromatic carbocycles. The van der Waals surface area contributed by atoms with E-state index in [1.54, 1.807) is 6.07 Å². The molecule has 1 heterocycles. The van der Waals surface area contributed by atoms with Gasteiger partial charge >= 0.3 is 0 Å².